The molecule has 0 aliphatic rings. The third kappa shape index (κ3) is 4.88. The van der Waals surface area contributed by atoms with Gasteiger partial charge in [0.2, 0.25) is 0 Å². The molecule has 0 fully saturated rings. The quantitative estimate of drug-likeness (QED) is 0.635. The fourth-order valence-corrected chi connectivity index (χ4v) is 0.983. The van der Waals surface area contributed by atoms with Gasteiger partial charge in [-0.25, -0.2) is 0 Å². The monoisotopic (exact) mass is 220 g/mol. The van der Waals surface area contributed by atoms with Gasteiger partial charge in [0.1, 0.15) is 0 Å². The van der Waals surface area contributed by atoms with Crippen molar-refractivity contribution in [1.82, 2.24) is 10.6 Å². The molecule has 2 N–H and O–H groups in total. The molecule has 0 saturated carbocycles. The third-order valence-electron chi connectivity index (χ3n) is 2.08. The van der Waals surface area contributed by atoms with E-state index in [-0.39, 0.29) is 0 Å². The molecule has 0 aliphatic carbocycles. The molecule has 5 heteroatoms. The van der Waals surface area contributed by atoms with Crippen LogP contribution >= 0.6 is 0 Å². The van der Waals surface area contributed by atoms with Gasteiger partial charge in [0.25, 0.3) is 5.91 Å². The topological polar surface area (TPSA) is 41.1 Å². The smallest absolute Gasteiger partial charge is 0.324 e. The van der Waals surface area contributed by atoms with Gasteiger partial charge in [0.05, 0.1) is 0 Å². The summed E-state index contributed by atoms with van der Waals surface area (Å²) in [4.78, 5) is 11.1. The van der Waals surface area contributed by atoms with Gasteiger partial charge in [0, 0.05) is 12.5 Å². The Morgan fingerprint density at radius 3 is 2.60 bits per heavy atom. The zero-order valence-electron chi connectivity index (χ0n) is 9.15. The van der Waals surface area contributed by atoms with E-state index < -0.39 is 24.3 Å². The minimum atomic E-state index is -3.29. The number of halogens is 2. The summed E-state index contributed by atoms with van der Waals surface area (Å²) in [6.07, 6.45) is 1.52. The molecule has 0 aromatic carbocycles. The first-order valence-electron chi connectivity index (χ1n) is 4.93. The largest absolute Gasteiger partial charge is 0.345 e. The van der Waals surface area contributed by atoms with Crippen LogP contribution in [0.4, 0.5) is 8.78 Å². The van der Waals surface area contributed by atoms with Gasteiger partial charge >= 0.3 is 5.92 Å². The number of alkyl halides is 2. The second-order valence-corrected chi connectivity index (χ2v) is 3.27. The molecule has 0 aromatic heterocycles. The van der Waals surface area contributed by atoms with Gasteiger partial charge in [-0.2, -0.15) is 8.78 Å². The minimum absolute atomic E-state index is 0.414. The van der Waals surface area contributed by atoms with E-state index in [1.54, 1.807) is 7.05 Å². The fraction of sp³-hybridized carbons (Fsp3) is 0.700. The summed E-state index contributed by atoms with van der Waals surface area (Å²) in [5, 5.41) is 5.12. The van der Waals surface area contributed by atoms with Gasteiger partial charge in [-0.05, 0) is 20.0 Å². The Morgan fingerprint density at radius 1 is 1.60 bits per heavy atom. The van der Waals surface area contributed by atoms with Gasteiger partial charge in [-0.1, -0.05) is 13.0 Å². The van der Waals surface area contributed by atoms with Gasteiger partial charge in [-0.3, -0.25) is 4.79 Å². The van der Waals surface area contributed by atoms with Crippen molar-refractivity contribution in [2.75, 3.05) is 13.6 Å². The molecule has 3 nitrogen and oxygen atoms in total. The Kier molecular flexibility index (Phi) is 6.08. The molecule has 0 heterocycles. The molecular weight excluding hydrogens is 202 g/mol. The van der Waals surface area contributed by atoms with Crippen LogP contribution in [-0.4, -0.2) is 31.5 Å². The predicted octanol–water partition coefficient (Wildman–Crippen LogP) is 1.31. The molecule has 15 heavy (non-hydrogen) atoms. The van der Waals surface area contributed by atoms with Gasteiger partial charge in [0.15, 0.2) is 0 Å². The summed E-state index contributed by atoms with van der Waals surface area (Å²) < 4.78 is 25.8. The Morgan fingerprint density at radius 2 is 2.20 bits per heavy atom. The number of carbonyl (C=O) groups is 1. The van der Waals surface area contributed by atoms with E-state index in [9.17, 15) is 13.6 Å². The molecule has 0 rings (SSSR count). The van der Waals surface area contributed by atoms with Crippen LogP contribution in [0.5, 0.6) is 0 Å². The number of hydrogen-bond acceptors (Lipinski definition) is 2. The van der Waals surface area contributed by atoms with Crippen molar-refractivity contribution in [3.05, 3.63) is 12.7 Å². The average molecular weight is 220 g/mol. The number of amides is 1. The Balaban J connectivity index is 4.18. The van der Waals surface area contributed by atoms with Gasteiger partial charge < -0.3 is 10.6 Å². The second kappa shape index (κ2) is 6.50. The van der Waals surface area contributed by atoms with E-state index in [1.165, 1.54) is 13.0 Å². The normalized spacial score (nSPS) is 13.3. The maximum atomic E-state index is 12.9. The third-order valence-corrected chi connectivity index (χ3v) is 2.08. The van der Waals surface area contributed by atoms with Crippen LogP contribution in [0.1, 0.15) is 19.8 Å². The van der Waals surface area contributed by atoms with E-state index in [2.05, 4.69) is 17.2 Å². The van der Waals surface area contributed by atoms with Crippen LogP contribution in [0.15, 0.2) is 12.7 Å². The van der Waals surface area contributed by atoms with Crippen molar-refractivity contribution in [3.8, 4) is 0 Å². The Labute approximate surface area is 88.9 Å². The van der Waals surface area contributed by atoms with Crippen molar-refractivity contribution in [2.45, 2.75) is 31.7 Å². The number of nitrogens with one attached hydrogen (secondary N) is 2. The lowest BCUT2D eigenvalue weighted by Gasteiger charge is -2.19. The van der Waals surface area contributed by atoms with E-state index >= 15 is 0 Å². The SMILES string of the molecule is C=CC(CCNC)NC(=O)C(F)(F)CC. The van der Waals surface area contributed by atoms with Crippen LogP contribution in [0, 0.1) is 0 Å². The molecule has 1 unspecified atom stereocenters. The van der Waals surface area contributed by atoms with Crippen molar-refractivity contribution >= 4 is 5.91 Å². The maximum Gasteiger partial charge on any atom is 0.324 e. The summed E-state index contributed by atoms with van der Waals surface area (Å²) in [6.45, 7) is 5.39. The summed E-state index contributed by atoms with van der Waals surface area (Å²) in [5.74, 6) is -4.52. The molecular formula is C10H18F2N2O. The van der Waals surface area contributed by atoms with Gasteiger partial charge in [-0.15, -0.1) is 6.58 Å². The first-order valence-corrected chi connectivity index (χ1v) is 4.93. The number of carbonyl (C=O) groups excluding carboxylic acids is 1. The van der Waals surface area contributed by atoms with Crippen molar-refractivity contribution in [3.63, 3.8) is 0 Å². The Bertz CT molecular complexity index is 219. The zero-order chi connectivity index (χ0) is 11.9. The van der Waals surface area contributed by atoms with Crippen molar-refractivity contribution in [2.24, 2.45) is 0 Å². The first-order chi connectivity index (χ1) is 6.97. The highest BCUT2D eigenvalue weighted by molar-refractivity contribution is 5.83. The highest BCUT2D eigenvalue weighted by Crippen LogP contribution is 2.17. The molecule has 88 valence electrons. The molecule has 1 atom stereocenters. The number of rotatable bonds is 7. The average Bonchev–Trinajstić information content (AvgIpc) is 2.23. The van der Waals surface area contributed by atoms with Crippen LogP contribution in [0.2, 0.25) is 0 Å². The van der Waals surface area contributed by atoms with Crippen LogP contribution in [0.3, 0.4) is 0 Å². The molecule has 0 aromatic rings. The summed E-state index contributed by atoms with van der Waals surface area (Å²) in [7, 11) is 1.75. The highest BCUT2D eigenvalue weighted by atomic mass is 19.3. The Hall–Kier alpha value is -0.970. The molecule has 0 saturated heterocycles. The second-order valence-electron chi connectivity index (χ2n) is 3.27. The lowest BCUT2D eigenvalue weighted by Crippen LogP contribution is -2.45. The van der Waals surface area contributed by atoms with E-state index in [1.807, 2.05) is 0 Å². The van der Waals surface area contributed by atoms with Crippen molar-refractivity contribution in [1.29, 1.82) is 0 Å². The molecule has 0 radical (unpaired) electrons. The van der Waals surface area contributed by atoms with Crippen LogP contribution < -0.4 is 10.6 Å². The summed E-state index contributed by atoms with van der Waals surface area (Å²) in [6, 6.07) is -0.414. The minimum Gasteiger partial charge on any atom is -0.345 e. The molecule has 1 amide bonds. The van der Waals surface area contributed by atoms with E-state index in [4.69, 9.17) is 0 Å². The lowest BCUT2D eigenvalue weighted by molar-refractivity contribution is -0.146. The standard InChI is InChI=1S/C10H18F2N2O/c1-4-8(6-7-13-3)14-9(15)10(11,12)5-2/h4,8,13H,1,5-7H2,2-3H3,(H,14,15). The zero-order valence-corrected chi connectivity index (χ0v) is 9.15. The lowest BCUT2D eigenvalue weighted by atomic mass is 10.1. The van der Waals surface area contributed by atoms with Crippen molar-refractivity contribution < 1.29 is 13.6 Å². The fourth-order valence-electron chi connectivity index (χ4n) is 0.983. The van der Waals surface area contributed by atoms with Crippen LogP contribution in [0.25, 0.3) is 0 Å². The van der Waals surface area contributed by atoms with Crippen LogP contribution in [-0.2, 0) is 4.79 Å². The first kappa shape index (κ1) is 14.0. The van der Waals surface area contributed by atoms with E-state index in [0.29, 0.717) is 13.0 Å². The molecule has 0 aliphatic heterocycles. The maximum absolute atomic E-state index is 12.9. The highest BCUT2D eigenvalue weighted by Gasteiger charge is 2.36. The molecule has 0 spiro atoms. The predicted molar refractivity (Wildman–Crippen MR) is 55.9 cm³/mol. The summed E-state index contributed by atoms with van der Waals surface area (Å²) >= 11 is 0. The van der Waals surface area contributed by atoms with E-state index in [0.717, 1.165) is 0 Å². The molecule has 0 bridgehead atoms. The summed E-state index contributed by atoms with van der Waals surface area (Å²) in [5.41, 5.74) is 0. The number of hydrogen-bond donors (Lipinski definition) is 2.